The predicted molar refractivity (Wildman–Crippen MR) is 44.3 cm³/mol. The molecule has 0 nitrogen and oxygen atoms in total. The van der Waals surface area contributed by atoms with Crippen molar-refractivity contribution in [3.63, 3.8) is 0 Å². The van der Waals surface area contributed by atoms with Gasteiger partial charge in [-0.1, -0.05) is 0 Å². The fourth-order valence-electron chi connectivity index (χ4n) is 0. The van der Waals surface area contributed by atoms with Crippen molar-refractivity contribution in [1.29, 1.82) is 0 Å². The molecule has 0 aromatic rings. The first-order valence-corrected chi connectivity index (χ1v) is 15.4. The second-order valence-corrected chi connectivity index (χ2v) is 46.4. The molecule has 40 valence electrons. The van der Waals surface area contributed by atoms with Gasteiger partial charge >= 0.3 is 70.4 Å². The Morgan fingerprint density at radius 3 is 1.00 bits per heavy atom. The molecule has 0 heterocycles. The Labute approximate surface area is 68.7 Å². The van der Waals surface area contributed by atoms with Gasteiger partial charge in [-0.25, -0.2) is 0 Å². The quantitative estimate of drug-likeness (QED) is 0.477. The molecule has 0 radical (unpaired) electrons. The van der Waals surface area contributed by atoms with Crippen molar-refractivity contribution in [2.45, 2.75) is 0 Å². The van der Waals surface area contributed by atoms with Crippen molar-refractivity contribution in [3.05, 3.63) is 0 Å². The Balaban J connectivity index is 3.73. The van der Waals surface area contributed by atoms with Crippen LogP contribution < -0.4 is 0 Å². The van der Waals surface area contributed by atoms with Crippen LogP contribution in [0.15, 0.2) is 0 Å². The molecule has 6 heavy (non-hydrogen) atoms. The van der Waals surface area contributed by atoms with Gasteiger partial charge in [-0.05, 0) is 0 Å². The van der Waals surface area contributed by atoms with Gasteiger partial charge in [-0.2, -0.15) is 0 Å². The summed E-state index contributed by atoms with van der Waals surface area (Å²) in [4.78, 5) is 0. The molecule has 0 aliphatic carbocycles. The molecule has 0 aromatic heterocycles. The first-order chi connectivity index (χ1) is 2.24. The van der Waals surface area contributed by atoms with E-state index in [9.17, 15) is 6.82 Å². The van der Waals surface area contributed by atoms with E-state index in [2.05, 4.69) is 0 Å². The summed E-state index contributed by atoms with van der Waals surface area (Å²) in [6.07, 6.45) is 0. The van der Waals surface area contributed by atoms with Crippen LogP contribution in [-0.4, -0.2) is 0 Å². The Morgan fingerprint density at radius 2 is 1.00 bits per heavy atom. The van der Waals surface area contributed by atoms with Crippen LogP contribution in [0.4, 0.5) is 6.82 Å². The van der Waals surface area contributed by atoms with E-state index < -0.39 is 3.62 Å². The van der Waals surface area contributed by atoms with E-state index in [4.69, 9.17) is 0 Å². The van der Waals surface area contributed by atoms with Crippen LogP contribution >= 0.6 is 59.9 Å². The fraction of sp³-hybridized carbons (Fsp3) is 0. The summed E-state index contributed by atoms with van der Waals surface area (Å²) in [6.45, 7) is 0. The third-order valence-corrected chi connectivity index (χ3v) is 0. The number of hydrogen-bond acceptors (Lipinski definition) is 0. The molecular weight excluding hydrogens is 470 g/mol. The van der Waals surface area contributed by atoms with Gasteiger partial charge in [0.15, 0.2) is 0 Å². The maximum absolute atomic E-state index is 11.8. The normalized spacial score (nSPS) is 19.2. The zero-order chi connectivity index (χ0) is 5.45. The number of rotatable bonds is 0. The second kappa shape index (κ2) is 2.11. The van der Waals surface area contributed by atoms with Crippen molar-refractivity contribution in [2.75, 3.05) is 0 Å². The Kier molecular flexibility index (Phi) is 3.03. The average Bonchev–Trinajstić information content (AvgIpc) is 0.650. The Morgan fingerprint density at radius 1 is 1.00 bits per heavy atom. The van der Waals surface area contributed by atoms with E-state index in [1.54, 1.807) is 0 Å². The zero-order valence-corrected chi connectivity index (χ0v) is 10.2. The third kappa shape index (κ3) is 30.3. The van der Waals surface area contributed by atoms with E-state index in [1.807, 2.05) is 0 Å². The molecule has 6 heteroatoms. The topological polar surface area (TPSA) is 0 Å². The molecule has 0 N–H and O–H groups in total. The molecule has 0 aromatic carbocycles. The molecule has 0 spiro atoms. The zero-order valence-electron chi connectivity index (χ0n) is 2.34. The summed E-state index contributed by atoms with van der Waals surface area (Å²) in [6, 6.07) is 0. The van der Waals surface area contributed by atoms with E-state index >= 15 is 0 Å². The standard InChI is InChI=1S/2FH.3HI.V/h5*1H;/q;;;;;+5/p-5. The SMILES string of the molecule is [F][V]([F])([I])([I])[I]. The molecule has 0 bridgehead atoms. The van der Waals surface area contributed by atoms with Crippen LogP contribution in [0.3, 0.4) is 0 Å². The summed E-state index contributed by atoms with van der Waals surface area (Å²) >= 11 is 3.69. The van der Waals surface area contributed by atoms with Gasteiger partial charge in [0.1, 0.15) is 0 Å². The molecule has 0 rings (SSSR count). The fourth-order valence-corrected chi connectivity index (χ4v) is 0. The maximum atomic E-state index is 11.8. The molecular formula is F2I3V. The van der Waals surface area contributed by atoms with Gasteiger partial charge in [0.05, 0.1) is 0 Å². The van der Waals surface area contributed by atoms with E-state index in [1.165, 1.54) is 59.9 Å². The Hall–Kier alpha value is 2.63. The van der Waals surface area contributed by atoms with E-state index in [0.29, 0.717) is 0 Å². The average molecular weight is 470 g/mol. The van der Waals surface area contributed by atoms with Crippen molar-refractivity contribution < 1.29 is 10.4 Å². The van der Waals surface area contributed by atoms with Crippen LogP contribution in [0.2, 0.25) is 0 Å². The number of halogens is 5. The Bertz CT molecular complexity index is 42.0. The summed E-state index contributed by atoms with van der Waals surface area (Å²) in [5.41, 5.74) is 0. The van der Waals surface area contributed by atoms with Crippen molar-refractivity contribution in [2.24, 2.45) is 0 Å². The van der Waals surface area contributed by atoms with Crippen LogP contribution in [0, 0.1) is 0 Å². The van der Waals surface area contributed by atoms with Crippen LogP contribution in [0.25, 0.3) is 0 Å². The van der Waals surface area contributed by atoms with Crippen molar-refractivity contribution in [1.82, 2.24) is 0 Å². The van der Waals surface area contributed by atoms with Gasteiger partial charge < -0.3 is 0 Å². The first kappa shape index (κ1) is 8.63. The van der Waals surface area contributed by atoms with Gasteiger partial charge in [0.25, 0.3) is 0 Å². The second-order valence-electron chi connectivity index (χ2n) is 0.639. The predicted octanol–water partition coefficient (Wildman–Crippen LogP) is 3.50. The van der Waals surface area contributed by atoms with Crippen LogP contribution in [0.1, 0.15) is 0 Å². The minimum absolute atomic E-state index is 1.23. The summed E-state index contributed by atoms with van der Waals surface area (Å²) in [7, 11) is 0. The van der Waals surface area contributed by atoms with Crippen molar-refractivity contribution in [3.8, 4) is 0 Å². The van der Waals surface area contributed by atoms with Crippen LogP contribution in [-0.2, 0) is 3.62 Å². The molecule has 0 aliphatic heterocycles. The monoisotopic (exact) mass is 470 g/mol. The van der Waals surface area contributed by atoms with Gasteiger partial charge in [0, 0.05) is 0 Å². The van der Waals surface area contributed by atoms with Gasteiger partial charge in [0.2, 0.25) is 0 Å². The summed E-state index contributed by atoms with van der Waals surface area (Å²) in [5.74, 6) is 0. The van der Waals surface area contributed by atoms with E-state index in [-0.39, 0.29) is 0 Å². The van der Waals surface area contributed by atoms with Gasteiger partial charge in [-0.3, -0.25) is 0 Å². The third-order valence-electron chi connectivity index (χ3n) is 0. The first-order valence-electron chi connectivity index (χ1n) is 0.845. The molecule has 0 atom stereocenters. The molecule has 0 aliphatic rings. The summed E-state index contributed by atoms with van der Waals surface area (Å²) in [5, 5.41) is 0. The molecule has 0 saturated heterocycles. The summed E-state index contributed by atoms with van der Waals surface area (Å²) < 4.78 is 19.1. The molecule has 0 amide bonds. The van der Waals surface area contributed by atoms with E-state index in [0.717, 1.165) is 0 Å². The van der Waals surface area contributed by atoms with Crippen LogP contribution in [0.5, 0.6) is 0 Å². The minimum atomic E-state index is -4.58. The molecule has 0 saturated carbocycles. The molecule has 0 unspecified atom stereocenters. The van der Waals surface area contributed by atoms with Crippen molar-refractivity contribution >= 4 is 59.9 Å². The number of hydrogen-bond donors (Lipinski definition) is 0. The molecule has 0 fully saturated rings. The van der Waals surface area contributed by atoms with Gasteiger partial charge in [-0.15, -0.1) is 0 Å².